The summed E-state index contributed by atoms with van der Waals surface area (Å²) in [6.45, 7) is 4.23. The normalized spacial score (nSPS) is 10.9. The zero-order valence-corrected chi connectivity index (χ0v) is 18.9. The van der Waals surface area contributed by atoms with Crippen LogP contribution < -0.4 is 19.7 Å². The molecule has 0 aliphatic carbocycles. The first-order valence-corrected chi connectivity index (χ1v) is 12.0. The number of carbonyl (C=O) groups is 2. The van der Waals surface area contributed by atoms with Gasteiger partial charge < -0.3 is 15.4 Å². The van der Waals surface area contributed by atoms with Crippen molar-refractivity contribution < 1.29 is 22.7 Å². The van der Waals surface area contributed by atoms with Crippen LogP contribution in [0.2, 0.25) is 0 Å². The van der Waals surface area contributed by atoms with Crippen molar-refractivity contribution in [3.63, 3.8) is 0 Å². The molecule has 0 fully saturated rings. The van der Waals surface area contributed by atoms with Crippen LogP contribution in [0, 0.1) is 0 Å². The molecule has 0 unspecified atom stereocenters. The van der Waals surface area contributed by atoms with Gasteiger partial charge in [-0.1, -0.05) is 37.6 Å². The van der Waals surface area contributed by atoms with E-state index in [0.29, 0.717) is 30.2 Å². The lowest BCUT2D eigenvalue weighted by atomic mass is 10.1. The summed E-state index contributed by atoms with van der Waals surface area (Å²) in [7, 11) is -3.77. The fourth-order valence-electron chi connectivity index (χ4n) is 2.91. The number of ether oxygens (including phenoxy) is 1. The SMILES string of the molecule is CCCCNC(=O)c1ccccc1NC(=O)CN(c1ccccc1OCC)S(C)(=O)=O. The molecule has 2 aromatic carbocycles. The Kier molecular flexibility index (Phi) is 8.87. The van der Waals surface area contributed by atoms with Gasteiger partial charge >= 0.3 is 0 Å². The minimum Gasteiger partial charge on any atom is -0.492 e. The molecule has 0 bridgehead atoms. The standard InChI is InChI=1S/C22H29N3O5S/c1-4-6-15-23-22(27)17-11-7-8-12-18(17)24-21(26)16-25(31(3,28)29)19-13-9-10-14-20(19)30-5-2/h7-14H,4-6,15-16H2,1-3H3,(H,23,27)(H,24,26). The number of hydrogen-bond donors (Lipinski definition) is 2. The maximum Gasteiger partial charge on any atom is 0.253 e. The number of nitrogens with zero attached hydrogens (tertiary/aromatic N) is 1. The molecule has 168 valence electrons. The minimum atomic E-state index is -3.77. The van der Waals surface area contributed by atoms with Crippen LogP contribution in [0.3, 0.4) is 0 Å². The molecule has 2 aromatic rings. The van der Waals surface area contributed by atoms with Crippen molar-refractivity contribution in [2.45, 2.75) is 26.7 Å². The Morgan fingerprint density at radius 1 is 1.03 bits per heavy atom. The Labute approximate surface area is 183 Å². The summed E-state index contributed by atoms with van der Waals surface area (Å²) in [6, 6.07) is 13.2. The second-order valence-corrected chi connectivity index (χ2v) is 8.78. The first-order valence-electron chi connectivity index (χ1n) is 10.1. The maximum absolute atomic E-state index is 12.8. The highest BCUT2D eigenvalue weighted by Gasteiger charge is 2.24. The molecule has 0 saturated heterocycles. The van der Waals surface area contributed by atoms with Crippen molar-refractivity contribution in [1.82, 2.24) is 5.32 Å². The van der Waals surface area contributed by atoms with E-state index >= 15 is 0 Å². The van der Waals surface area contributed by atoms with E-state index in [-0.39, 0.29) is 11.6 Å². The van der Waals surface area contributed by atoms with Crippen LogP contribution in [0.25, 0.3) is 0 Å². The topological polar surface area (TPSA) is 105 Å². The number of rotatable bonds is 11. The van der Waals surface area contributed by atoms with Crippen LogP contribution in [0.5, 0.6) is 5.75 Å². The molecule has 0 heterocycles. The maximum atomic E-state index is 12.8. The fourth-order valence-corrected chi connectivity index (χ4v) is 3.77. The third-order valence-corrected chi connectivity index (χ3v) is 5.51. The first kappa shape index (κ1) is 24.2. The van der Waals surface area contributed by atoms with Crippen molar-refractivity contribution in [3.05, 3.63) is 54.1 Å². The van der Waals surface area contributed by atoms with Crippen LogP contribution in [-0.4, -0.2) is 46.2 Å². The summed E-state index contributed by atoms with van der Waals surface area (Å²) >= 11 is 0. The van der Waals surface area contributed by atoms with Crippen LogP contribution in [-0.2, 0) is 14.8 Å². The van der Waals surface area contributed by atoms with E-state index in [4.69, 9.17) is 4.74 Å². The molecule has 0 spiro atoms. The van der Waals surface area contributed by atoms with Gasteiger partial charge in [0, 0.05) is 6.54 Å². The Hall–Kier alpha value is -3.07. The highest BCUT2D eigenvalue weighted by molar-refractivity contribution is 7.92. The molecule has 2 N–H and O–H groups in total. The van der Waals surface area contributed by atoms with Crippen molar-refractivity contribution in [1.29, 1.82) is 0 Å². The third kappa shape index (κ3) is 6.99. The van der Waals surface area contributed by atoms with Gasteiger partial charge in [0.05, 0.1) is 29.8 Å². The summed E-state index contributed by atoms with van der Waals surface area (Å²) in [4.78, 5) is 25.2. The molecule has 2 amide bonds. The molecule has 0 aliphatic rings. The smallest absolute Gasteiger partial charge is 0.253 e. The molecule has 8 nitrogen and oxygen atoms in total. The van der Waals surface area contributed by atoms with E-state index in [2.05, 4.69) is 10.6 Å². The van der Waals surface area contributed by atoms with Gasteiger partial charge in [-0.25, -0.2) is 8.42 Å². The summed E-state index contributed by atoms with van der Waals surface area (Å²) < 4.78 is 31.4. The third-order valence-electron chi connectivity index (χ3n) is 4.38. The largest absolute Gasteiger partial charge is 0.492 e. The average Bonchev–Trinajstić information content (AvgIpc) is 2.72. The van der Waals surface area contributed by atoms with Gasteiger partial charge in [0.2, 0.25) is 15.9 Å². The van der Waals surface area contributed by atoms with Gasteiger partial charge in [-0.05, 0) is 37.6 Å². The number of carbonyl (C=O) groups excluding carboxylic acids is 2. The number of amides is 2. The lowest BCUT2D eigenvalue weighted by molar-refractivity contribution is -0.114. The molecular weight excluding hydrogens is 418 g/mol. The van der Waals surface area contributed by atoms with Gasteiger partial charge in [-0.15, -0.1) is 0 Å². The molecule has 0 aromatic heterocycles. The van der Waals surface area contributed by atoms with E-state index in [0.717, 1.165) is 23.4 Å². The van der Waals surface area contributed by atoms with Crippen molar-refractivity contribution >= 4 is 33.2 Å². The van der Waals surface area contributed by atoms with Crippen LogP contribution in [0.15, 0.2) is 48.5 Å². The second kappa shape index (κ2) is 11.4. The molecule has 31 heavy (non-hydrogen) atoms. The molecule has 0 atom stereocenters. The van der Waals surface area contributed by atoms with Crippen molar-refractivity contribution in [2.75, 3.05) is 35.6 Å². The average molecular weight is 448 g/mol. The van der Waals surface area contributed by atoms with Gasteiger partial charge in [0.1, 0.15) is 12.3 Å². The zero-order chi connectivity index (χ0) is 22.9. The highest BCUT2D eigenvalue weighted by atomic mass is 32.2. The number of hydrogen-bond acceptors (Lipinski definition) is 5. The minimum absolute atomic E-state index is 0.271. The van der Waals surface area contributed by atoms with Gasteiger partial charge in [0.15, 0.2) is 0 Å². The summed E-state index contributed by atoms with van der Waals surface area (Å²) in [5.41, 5.74) is 0.896. The van der Waals surface area contributed by atoms with E-state index in [9.17, 15) is 18.0 Å². The zero-order valence-electron chi connectivity index (χ0n) is 18.1. The van der Waals surface area contributed by atoms with E-state index in [1.165, 1.54) is 0 Å². The van der Waals surface area contributed by atoms with Crippen LogP contribution in [0.4, 0.5) is 11.4 Å². The molecule has 0 saturated carbocycles. The first-order chi connectivity index (χ1) is 14.8. The number of benzene rings is 2. The molecule has 0 aliphatic heterocycles. The van der Waals surface area contributed by atoms with E-state index in [1.54, 1.807) is 55.5 Å². The number of sulfonamides is 1. The second-order valence-electron chi connectivity index (χ2n) is 6.87. The van der Waals surface area contributed by atoms with Crippen molar-refractivity contribution in [2.24, 2.45) is 0 Å². The molecule has 9 heteroatoms. The van der Waals surface area contributed by atoms with Crippen LogP contribution >= 0.6 is 0 Å². The number of para-hydroxylation sites is 3. The molecular formula is C22H29N3O5S. The van der Waals surface area contributed by atoms with E-state index < -0.39 is 22.5 Å². The predicted octanol–water partition coefficient (Wildman–Crippen LogP) is 3.02. The summed E-state index contributed by atoms with van der Waals surface area (Å²) in [6.07, 6.45) is 2.82. The summed E-state index contributed by atoms with van der Waals surface area (Å²) in [5.74, 6) is -0.518. The molecule has 0 radical (unpaired) electrons. The Balaban J connectivity index is 2.23. The van der Waals surface area contributed by atoms with E-state index in [1.807, 2.05) is 6.92 Å². The van der Waals surface area contributed by atoms with Crippen molar-refractivity contribution in [3.8, 4) is 5.75 Å². The van der Waals surface area contributed by atoms with Crippen LogP contribution in [0.1, 0.15) is 37.0 Å². The summed E-state index contributed by atoms with van der Waals surface area (Å²) in [5, 5.41) is 5.47. The molecule has 2 rings (SSSR count). The highest BCUT2D eigenvalue weighted by Crippen LogP contribution is 2.29. The Morgan fingerprint density at radius 3 is 2.39 bits per heavy atom. The fraction of sp³-hybridized carbons (Fsp3) is 0.364. The van der Waals surface area contributed by atoms with Gasteiger partial charge in [-0.3, -0.25) is 13.9 Å². The Morgan fingerprint density at radius 2 is 1.71 bits per heavy atom. The number of nitrogens with one attached hydrogen (secondary N) is 2. The van der Waals surface area contributed by atoms with Gasteiger partial charge in [-0.2, -0.15) is 0 Å². The predicted molar refractivity (Wildman–Crippen MR) is 122 cm³/mol. The lowest BCUT2D eigenvalue weighted by Gasteiger charge is -2.24. The Bertz CT molecular complexity index is 1010. The lowest BCUT2D eigenvalue weighted by Crippen LogP contribution is -2.38. The monoisotopic (exact) mass is 447 g/mol. The number of unbranched alkanes of at least 4 members (excludes halogenated alkanes) is 1. The number of anilines is 2. The quantitative estimate of drug-likeness (QED) is 0.515. The van der Waals surface area contributed by atoms with Gasteiger partial charge in [0.25, 0.3) is 5.91 Å².